The smallest absolute Gasteiger partial charge is 0.160 e. The number of fused-ring (bicyclic) bond motifs is 1. The molecule has 0 amide bonds. The van der Waals surface area contributed by atoms with E-state index in [4.69, 9.17) is 16.3 Å². The van der Waals surface area contributed by atoms with Crippen molar-refractivity contribution in [3.05, 3.63) is 58.1 Å². The average Bonchev–Trinajstić information content (AvgIpc) is 2.55. The fraction of sp³-hybridized carbons (Fsp3) is 0.368. The molecule has 3 nitrogen and oxygen atoms in total. The zero-order chi connectivity index (χ0) is 16.4. The maximum atomic E-state index is 10.0. The molecule has 2 aromatic carbocycles. The minimum absolute atomic E-state index is 0.229. The first-order valence-electron chi connectivity index (χ1n) is 7.93. The van der Waals surface area contributed by atoms with E-state index in [1.807, 2.05) is 24.3 Å². The summed E-state index contributed by atoms with van der Waals surface area (Å²) in [6.45, 7) is 1.00. The number of aryl methyl sites for hydroxylation is 1. The van der Waals surface area contributed by atoms with Crippen LogP contribution in [0.3, 0.4) is 0 Å². The monoisotopic (exact) mass is 331 g/mol. The number of methoxy groups -OCH3 is 1. The average molecular weight is 332 g/mol. The lowest BCUT2D eigenvalue weighted by atomic mass is 9.89. The molecular formula is C19H22ClNO2. The van der Waals surface area contributed by atoms with Gasteiger partial charge < -0.3 is 9.84 Å². The van der Waals surface area contributed by atoms with Crippen LogP contribution < -0.4 is 4.74 Å². The first kappa shape index (κ1) is 16.2. The van der Waals surface area contributed by atoms with Gasteiger partial charge in [-0.15, -0.1) is 0 Å². The second-order valence-electron chi connectivity index (χ2n) is 6.13. The van der Waals surface area contributed by atoms with Gasteiger partial charge in [0.2, 0.25) is 0 Å². The van der Waals surface area contributed by atoms with Crippen molar-refractivity contribution in [3.8, 4) is 11.5 Å². The first-order chi connectivity index (χ1) is 11.1. The van der Waals surface area contributed by atoms with Crippen LogP contribution in [0.2, 0.25) is 5.02 Å². The standard InChI is InChI=1S/C19H22ClNO2/c1-21-10-9-14-11-18(22)19(23-2)12-16(14)17(21)8-5-13-3-6-15(20)7-4-13/h3-4,6-7,11-12,17,22H,5,8-10H2,1-2H3/t17-/m1/s1. The molecule has 3 rings (SSSR count). The Bertz CT molecular complexity index is 685. The Morgan fingerprint density at radius 1 is 1.26 bits per heavy atom. The van der Waals surface area contributed by atoms with Crippen LogP contribution in [0, 0.1) is 0 Å². The molecule has 4 heteroatoms. The molecule has 1 aliphatic heterocycles. The van der Waals surface area contributed by atoms with Gasteiger partial charge in [0.15, 0.2) is 11.5 Å². The zero-order valence-electron chi connectivity index (χ0n) is 13.6. The molecule has 1 atom stereocenters. The molecule has 0 spiro atoms. The second kappa shape index (κ2) is 6.81. The van der Waals surface area contributed by atoms with Gasteiger partial charge in [-0.1, -0.05) is 23.7 Å². The lowest BCUT2D eigenvalue weighted by Gasteiger charge is -2.35. The third kappa shape index (κ3) is 3.46. The van der Waals surface area contributed by atoms with Crippen molar-refractivity contribution < 1.29 is 9.84 Å². The molecule has 0 aromatic heterocycles. The van der Waals surface area contributed by atoms with Gasteiger partial charge >= 0.3 is 0 Å². The van der Waals surface area contributed by atoms with E-state index in [-0.39, 0.29) is 5.75 Å². The predicted molar refractivity (Wildman–Crippen MR) is 93.5 cm³/mol. The highest BCUT2D eigenvalue weighted by atomic mass is 35.5. The number of hydrogen-bond donors (Lipinski definition) is 1. The number of benzene rings is 2. The van der Waals surface area contributed by atoms with Crippen molar-refractivity contribution in [2.24, 2.45) is 0 Å². The first-order valence-corrected chi connectivity index (χ1v) is 8.30. The number of nitrogens with zero attached hydrogens (tertiary/aromatic N) is 1. The van der Waals surface area contributed by atoms with E-state index in [0.29, 0.717) is 11.8 Å². The van der Waals surface area contributed by atoms with Crippen LogP contribution in [0.15, 0.2) is 36.4 Å². The van der Waals surface area contributed by atoms with Crippen LogP contribution in [0.25, 0.3) is 0 Å². The molecule has 0 radical (unpaired) electrons. The summed E-state index contributed by atoms with van der Waals surface area (Å²) in [5.41, 5.74) is 3.78. The van der Waals surface area contributed by atoms with E-state index in [9.17, 15) is 5.11 Å². The number of likely N-dealkylation sites (N-methyl/N-ethyl adjacent to an activating group) is 1. The molecular weight excluding hydrogens is 310 g/mol. The summed E-state index contributed by atoms with van der Waals surface area (Å²) in [6, 6.07) is 12.2. The topological polar surface area (TPSA) is 32.7 Å². The minimum atomic E-state index is 0.229. The van der Waals surface area contributed by atoms with Crippen molar-refractivity contribution in [2.75, 3.05) is 20.7 Å². The number of rotatable bonds is 4. The van der Waals surface area contributed by atoms with Crippen molar-refractivity contribution in [1.29, 1.82) is 0 Å². The summed E-state index contributed by atoms with van der Waals surface area (Å²) in [4.78, 5) is 2.38. The Balaban J connectivity index is 1.83. The predicted octanol–water partition coefficient (Wildman–Crippen LogP) is 4.22. The molecule has 0 saturated carbocycles. The Morgan fingerprint density at radius 3 is 2.70 bits per heavy atom. The summed E-state index contributed by atoms with van der Waals surface area (Å²) in [5, 5.41) is 10.8. The highest BCUT2D eigenvalue weighted by Crippen LogP contribution is 2.38. The van der Waals surface area contributed by atoms with E-state index in [1.54, 1.807) is 7.11 Å². The maximum absolute atomic E-state index is 10.0. The molecule has 0 saturated heterocycles. The van der Waals surface area contributed by atoms with Crippen LogP contribution in [0.5, 0.6) is 11.5 Å². The number of aromatic hydroxyl groups is 1. The van der Waals surface area contributed by atoms with Crippen LogP contribution in [-0.4, -0.2) is 30.7 Å². The third-order valence-corrected chi connectivity index (χ3v) is 4.94. The summed E-state index contributed by atoms with van der Waals surface area (Å²) >= 11 is 5.95. The zero-order valence-corrected chi connectivity index (χ0v) is 14.3. The number of phenols is 1. The summed E-state index contributed by atoms with van der Waals surface area (Å²) in [7, 11) is 3.76. The molecule has 0 fully saturated rings. The molecule has 1 N–H and O–H groups in total. The molecule has 122 valence electrons. The van der Waals surface area contributed by atoms with Gasteiger partial charge in [-0.25, -0.2) is 0 Å². The number of phenolic OH excluding ortho intramolecular Hbond substituents is 1. The number of halogens is 1. The van der Waals surface area contributed by atoms with Gasteiger partial charge in [0.25, 0.3) is 0 Å². The van der Waals surface area contributed by atoms with Crippen molar-refractivity contribution >= 4 is 11.6 Å². The largest absolute Gasteiger partial charge is 0.504 e. The summed E-state index contributed by atoms with van der Waals surface area (Å²) in [6.07, 6.45) is 2.98. The van der Waals surface area contributed by atoms with Gasteiger partial charge in [-0.2, -0.15) is 0 Å². The van der Waals surface area contributed by atoms with Crippen LogP contribution >= 0.6 is 11.6 Å². The summed E-state index contributed by atoms with van der Waals surface area (Å²) < 4.78 is 5.29. The maximum Gasteiger partial charge on any atom is 0.160 e. The molecule has 0 aliphatic carbocycles. The lowest BCUT2D eigenvalue weighted by Crippen LogP contribution is -2.32. The van der Waals surface area contributed by atoms with Crippen molar-refractivity contribution in [2.45, 2.75) is 25.3 Å². The van der Waals surface area contributed by atoms with E-state index in [2.05, 4.69) is 24.1 Å². The molecule has 23 heavy (non-hydrogen) atoms. The molecule has 1 heterocycles. The van der Waals surface area contributed by atoms with E-state index in [0.717, 1.165) is 30.8 Å². The van der Waals surface area contributed by atoms with Gasteiger partial charge in [-0.3, -0.25) is 4.90 Å². The van der Waals surface area contributed by atoms with Gasteiger partial charge in [0.1, 0.15) is 0 Å². The molecule has 0 bridgehead atoms. The Hall–Kier alpha value is -1.71. The van der Waals surface area contributed by atoms with Crippen molar-refractivity contribution in [1.82, 2.24) is 4.90 Å². The molecule has 0 unspecified atom stereocenters. The van der Waals surface area contributed by atoms with Crippen LogP contribution in [-0.2, 0) is 12.8 Å². The quantitative estimate of drug-likeness (QED) is 0.910. The fourth-order valence-electron chi connectivity index (χ4n) is 3.34. The number of ether oxygens (including phenoxy) is 1. The highest BCUT2D eigenvalue weighted by molar-refractivity contribution is 6.30. The van der Waals surface area contributed by atoms with Crippen LogP contribution in [0.1, 0.15) is 29.2 Å². The second-order valence-corrected chi connectivity index (χ2v) is 6.57. The molecule has 1 aliphatic rings. The normalized spacial score (nSPS) is 17.8. The Kier molecular flexibility index (Phi) is 4.79. The fourth-order valence-corrected chi connectivity index (χ4v) is 3.46. The van der Waals surface area contributed by atoms with Crippen LogP contribution in [0.4, 0.5) is 0 Å². The lowest BCUT2D eigenvalue weighted by molar-refractivity contribution is 0.218. The Morgan fingerprint density at radius 2 is 2.00 bits per heavy atom. The third-order valence-electron chi connectivity index (χ3n) is 4.69. The summed E-state index contributed by atoms with van der Waals surface area (Å²) in [5.74, 6) is 0.780. The van der Waals surface area contributed by atoms with Gasteiger partial charge in [0, 0.05) is 17.6 Å². The van der Waals surface area contributed by atoms with Crippen molar-refractivity contribution in [3.63, 3.8) is 0 Å². The van der Waals surface area contributed by atoms with Gasteiger partial charge in [0.05, 0.1) is 7.11 Å². The minimum Gasteiger partial charge on any atom is -0.504 e. The number of hydrogen-bond acceptors (Lipinski definition) is 3. The SMILES string of the molecule is COc1cc2c(cc1O)CCN(C)[C@@H]2CCc1ccc(Cl)cc1. The molecule has 2 aromatic rings. The van der Waals surface area contributed by atoms with E-state index in [1.165, 1.54) is 16.7 Å². The Labute approximate surface area is 142 Å². The van der Waals surface area contributed by atoms with E-state index < -0.39 is 0 Å². The van der Waals surface area contributed by atoms with E-state index >= 15 is 0 Å². The van der Waals surface area contributed by atoms with Gasteiger partial charge in [-0.05, 0) is 67.3 Å². The highest BCUT2D eigenvalue weighted by Gasteiger charge is 2.26.